The van der Waals surface area contributed by atoms with Gasteiger partial charge in [-0.1, -0.05) is 50.6 Å². The molecule has 1 aromatic heterocycles. The standard InChI is InChI=1S/C29H31F6N3O2S/c1-4-19(2)15-38(27(40)36-24-13-22(28(30,31)32)12-23(14-24)29(33,34)35)18-26(39)37(16-21-8-6-5-7-9-21)17-25-11-10-20(3)41-25/h5-14,19H,4,15-18H2,1-3H3,(H,36,40). The minimum Gasteiger partial charge on any atom is -0.332 e. The van der Waals surface area contributed by atoms with E-state index < -0.39 is 47.6 Å². The van der Waals surface area contributed by atoms with Crippen LogP contribution in [0.3, 0.4) is 0 Å². The van der Waals surface area contributed by atoms with E-state index in [0.717, 1.165) is 20.2 Å². The van der Waals surface area contributed by atoms with Gasteiger partial charge >= 0.3 is 18.4 Å². The number of nitrogens with one attached hydrogen (secondary N) is 1. The van der Waals surface area contributed by atoms with Crippen molar-refractivity contribution < 1.29 is 35.9 Å². The van der Waals surface area contributed by atoms with Gasteiger partial charge in [0.15, 0.2) is 0 Å². The molecule has 0 aliphatic carbocycles. The lowest BCUT2D eigenvalue weighted by molar-refractivity contribution is -0.143. The van der Waals surface area contributed by atoms with Gasteiger partial charge in [-0.25, -0.2) is 4.79 Å². The number of hydrogen-bond acceptors (Lipinski definition) is 3. The molecule has 0 aliphatic rings. The quantitative estimate of drug-likeness (QED) is 0.239. The molecule has 0 saturated heterocycles. The predicted octanol–water partition coefficient (Wildman–Crippen LogP) is 8.20. The highest BCUT2D eigenvalue weighted by atomic mass is 32.1. The van der Waals surface area contributed by atoms with Crippen molar-refractivity contribution in [1.29, 1.82) is 0 Å². The fraction of sp³-hybridized carbons (Fsp3) is 0.379. The Morgan fingerprint density at radius 2 is 1.49 bits per heavy atom. The molecule has 222 valence electrons. The van der Waals surface area contributed by atoms with Crippen LogP contribution in [0.5, 0.6) is 0 Å². The average molecular weight is 600 g/mol. The number of carbonyl (C=O) groups is 2. The molecule has 41 heavy (non-hydrogen) atoms. The molecule has 0 bridgehead atoms. The third-order valence-electron chi connectivity index (χ3n) is 6.39. The van der Waals surface area contributed by atoms with Crippen molar-refractivity contribution in [3.8, 4) is 0 Å². The second kappa shape index (κ2) is 13.4. The lowest BCUT2D eigenvalue weighted by Gasteiger charge is -2.29. The summed E-state index contributed by atoms with van der Waals surface area (Å²) in [4.78, 5) is 31.5. The van der Waals surface area contributed by atoms with Gasteiger partial charge in [-0.15, -0.1) is 11.3 Å². The van der Waals surface area contributed by atoms with Crippen LogP contribution in [0.1, 0.15) is 46.7 Å². The molecule has 0 fully saturated rings. The minimum atomic E-state index is -5.06. The fourth-order valence-electron chi connectivity index (χ4n) is 4.01. The second-order valence-corrected chi connectivity index (χ2v) is 11.2. The van der Waals surface area contributed by atoms with Gasteiger partial charge in [0, 0.05) is 28.5 Å². The van der Waals surface area contributed by atoms with Gasteiger partial charge in [0.1, 0.15) is 6.54 Å². The SMILES string of the molecule is CCC(C)CN(CC(=O)N(Cc1ccccc1)Cc1ccc(C)s1)C(=O)Nc1cc(C(F)(F)F)cc(C(F)(F)F)c1. The molecule has 12 heteroatoms. The summed E-state index contributed by atoms with van der Waals surface area (Å²) in [5.74, 6) is -0.512. The van der Waals surface area contributed by atoms with Crippen LogP contribution in [0.4, 0.5) is 36.8 Å². The number of nitrogens with zero attached hydrogens (tertiary/aromatic N) is 2. The molecule has 0 spiro atoms. The molecule has 0 saturated carbocycles. The van der Waals surface area contributed by atoms with E-state index in [1.54, 1.807) is 4.90 Å². The highest BCUT2D eigenvalue weighted by Crippen LogP contribution is 2.37. The van der Waals surface area contributed by atoms with Crippen molar-refractivity contribution in [1.82, 2.24) is 9.80 Å². The van der Waals surface area contributed by atoms with Crippen LogP contribution in [0.2, 0.25) is 0 Å². The predicted molar refractivity (Wildman–Crippen MR) is 146 cm³/mol. The number of thiophene rings is 1. The van der Waals surface area contributed by atoms with E-state index in [9.17, 15) is 35.9 Å². The summed E-state index contributed by atoms with van der Waals surface area (Å²) < 4.78 is 80.0. The number of anilines is 1. The maximum absolute atomic E-state index is 13.6. The number of aryl methyl sites for hydroxylation is 1. The number of alkyl halides is 6. The minimum absolute atomic E-state index is 0.0101. The number of urea groups is 1. The van der Waals surface area contributed by atoms with E-state index in [4.69, 9.17) is 0 Å². The second-order valence-electron chi connectivity index (χ2n) is 9.87. The van der Waals surface area contributed by atoms with Crippen LogP contribution in [0.15, 0.2) is 60.7 Å². The Morgan fingerprint density at radius 3 is 2.00 bits per heavy atom. The van der Waals surface area contributed by atoms with E-state index >= 15 is 0 Å². The van der Waals surface area contributed by atoms with E-state index in [-0.39, 0.29) is 31.6 Å². The molecule has 1 unspecified atom stereocenters. The molecule has 3 amide bonds. The Labute approximate surface area is 238 Å². The summed E-state index contributed by atoms with van der Waals surface area (Å²) in [5, 5.41) is 2.16. The monoisotopic (exact) mass is 599 g/mol. The molecule has 3 rings (SSSR count). The van der Waals surface area contributed by atoms with Crippen LogP contribution in [-0.4, -0.2) is 34.8 Å². The summed E-state index contributed by atoms with van der Waals surface area (Å²) >= 11 is 1.52. The Morgan fingerprint density at radius 1 is 0.878 bits per heavy atom. The first-order valence-electron chi connectivity index (χ1n) is 12.9. The third kappa shape index (κ3) is 9.51. The Kier molecular flexibility index (Phi) is 10.5. The zero-order chi connectivity index (χ0) is 30.4. The van der Waals surface area contributed by atoms with Crippen LogP contribution in [0, 0.1) is 12.8 Å². The van der Waals surface area contributed by atoms with Gasteiger partial charge in [0.05, 0.1) is 17.7 Å². The molecule has 0 radical (unpaired) electrons. The van der Waals surface area contributed by atoms with Gasteiger partial charge < -0.3 is 15.1 Å². The number of halogens is 6. The number of carbonyl (C=O) groups excluding carboxylic acids is 2. The average Bonchev–Trinajstić information content (AvgIpc) is 3.31. The van der Waals surface area contributed by atoms with Crippen LogP contribution in [-0.2, 0) is 30.2 Å². The fourth-order valence-corrected chi connectivity index (χ4v) is 4.92. The van der Waals surface area contributed by atoms with Crippen molar-refractivity contribution in [2.45, 2.75) is 52.6 Å². The Balaban J connectivity index is 1.88. The molecule has 3 aromatic rings. The molecule has 1 N–H and O–H groups in total. The highest BCUT2D eigenvalue weighted by Gasteiger charge is 2.37. The smallest absolute Gasteiger partial charge is 0.332 e. The maximum atomic E-state index is 13.6. The molecule has 0 aliphatic heterocycles. The molecular weight excluding hydrogens is 568 g/mol. The van der Waals surface area contributed by atoms with Gasteiger partial charge in [-0.2, -0.15) is 26.3 Å². The van der Waals surface area contributed by atoms with E-state index in [2.05, 4.69) is 5.32 Å². The van der Waals surface area contributed by atoms with Crippen LogP contribution < -0.4 is 5.32 Å². The van der Waals surface area contributed by atoms with Gasteiger partial charge in [-0.3, -0.25) is 4.79 Å². The van der Waals surface area contributed by atoms with Gasteiger partial charge in [0.25, 0.3) is 0 Å². The zero-order valence-electron chi connectivity index (χ0n) is 22.8. The maximum Gasteiger partial charge on any atom is 0.416 e. The normalized spacial score (nSPS) is 12.6. The van der Waals surface area contributed by atoms with Crippen molar-refractivity contribution in [3.63, 3.8) is 0 Å². The summed E-state index contributed by atoms with van der Waals surface area (Å²) in [5.41, 5.74) is -2.91. The van der Waals surface area contributed by atoms with Crippen molar-refractivity contribution in [2.75, 3.05) is 18.4 Å². The molecule has 5 nitrogen and oxygen atoms in total. The lowest BCUT2D eigenvalue weighted by atomic mass is 10.1. The molecule has 1 heterocycles. The Hall–Kier alpha value is -3.54. The molecule has 1 atom stereocenters. The highest BCUT2D eigenvalue weighted by molar-refractivity contribution is 7.11. The summed E-state index contributed by atoms with van der Waals surface area (Å²) in [6, 6.07) is 13.0. The van der Waals surface area contributed by atoms with Crippen molar-refractivity contribution >= 4 is 29.0 Å². The molecule has 2 aromatic carbocycles. The number of amides is 3. The third-order valence-corrected chi connectivity index (χ3v) is 7.38. The largest absolute Gasteiger partial charge is 0.416 e. The van der Waals surface area contributed by atoms with Gasteiger partial charge in [0.2, 0.25) is 5.91 Å². The number of benzene rings is 2. The first-order valence-corrected chi connectivity index (χ1v) is 13.7. The van der Waals surface area contributed by atoms with Crippen LogP contribution >= 0.6 is 11.3 Å². The molecular formula is C29H31F6N3O2S. The van der Waals surface area contributed by atoms with E-state index in [0.29, 0.717) is 18.6 Å². The first-order chi connectivity index (χ1) is 19.2. The summed E-state index contributed by atoms with van der Waals surface area (Å²) in [6.07, 6.45) is -9.50. The summed E-state index contributed by atoms with van der Waals surface area (Å²) in [6.45, 7) is 5.80. The van der Waals surface area contributed by atoms with Crippen LogP contribution in [0.25, 0.3) is 0 Å². The Bertz CT molecular complexity index is 1290. The number of rotatable bonds is 10. The van der Waals surface area contributed by atoms with E-state index in [1.807, 2.05) is 63.2 Å². The first kappa shape index (κ1) is 32.0. The topological polar surface area (TPSA) is 52.7 Å². The van der Waals surface area contributed by atoms with Gasteiger partial charge in [-0.05, 0) is 48.7 Å². The zero-order valence-corrected chi connectivity index (χ0v) is 23.6. The lowest BCUT2D eigenvalue weighted by Crippen LogP contribution is -2.45. The van der Waals surface area contributed by atoms with Crippen molar-refractivity contribution in [2.24, 2.45) is 5.92 Å². The van der Waals surface area contributed by atoms with Crippen molar-refractivity contribution in [3.05, 3.63) is 87.1 Å². The summed E-state index contributed by atoms with van der Waals surface area (Å²) in [7, 11) is 0. The number of hydrogen-bond donors (Lipinski definition) is 1. The van der Waals surface area contributed by atoms with E-state index in [1.165, 1.54) is 11.3 Å².